The maximum Gasteiger partial charge on any atom is 0.338 e. The molecule has 0 aliphatic heterocycles. The second-order valence-corrected chi connectivity index (χ2v) is 3.94. The first kappa shape index (κ1) is 12.7. The van der Waals surface area contributed by atoms with Crippen molar-refractivity contribution < 1.29 is 14.3 Å². The quantitative estimate of drug-likeness (QED) is 0.603. The number of esters is 1. The van der Waals surface area contributed by atoms with Crippen LogP contribution in [0.2, 0.25) is 0 Å². The maximum absolute atomic E-state index is 11.6. The summed E-state index contributed by atoms with van der Waals surface area (Å²) in [5.41, 5.74) is 1.62. The van der Waals surface area contributed by atoms with E-state index < -0.39 is 11.3 Å². The number of hydrogen-bond acceptors (Lipinski definition) is 3. The van der Waals surface area contributed by atoms with Gasteiger partial charge in [0.2, 0.25) is 0 Å². The molecule has 0 bridgehead atoms. The molecule has 1 aromatic rings. The van der Waals surface area contributed by atoms with Crippen LogP contribution < -0.4 is 0 Å². The van der Waals surface area contributed by atoms with Gasteiger partial charge in [-0.3, -0.25) is 4.79 Å². The molecule has 0 aliphatic carbocycles. The van der Waals surface area contributed by atoms with Gasteiger partial charge in [-0.25, -0.2) is 4.79 Å². The van der Waals surface area contributed by atoms with Crippen LogP contribution in [-0.4, -0.2) is 18.9 Å². The SMILES string of the molecule is COC(=O)c1c(C)cccc1C(Cl)C(C)=O. The van der Waals surface area contributed by atoms with Gasteiger partial charge < -0.3 is 4.74 Å². The molecule has 0 saturated heterocycles. The Balaban J connectivity index is 3.33. The van der Waals surface area contributed by atoms with Crippen molar-refractivity contribution in [1.29, 1.82) is 0 Å². The molecule has 1 unspecified atom stereocenters. The first-order valence-corrected chi connectivity index (χ1v) is 5.25. The van der Waals surface area contributed by atoms with Gasteiger partial charge in [0, 0.05) is 0 Å². The largest absolute Gasteiger partial charge is 0.465 e. The van der Waals surface area contributed by atoms with Crippen molar-refractivity contribution in [2.45, 2.75) is 19.2 Å². The number of hydrogen-bond donors (Lipinski definition) is 0. The third-order valence-corrected chi connectivity index (χ3v) is 2.87. The number of halogens is 1. The van der Waals surface area contributed by atoms with Crippen molar-refractivity contribution in [2.75, 3.05) is 7.11 Å². The van der Waals surface area contributed by atoms with Crippen LogP contribution in [-0.2, 0) is 9.53 Å². The smallest absolute Gasteiger partial charge is 0.338 e. The topological polar surface area (TPSA) is 43.4 Å². The fourth-order valence-corrected chi connectivity index (χ4v) is 1.68. The lowest BCUT2D eigenvalue weighted by Gasteiger charge is -2.13. The summed E-state index contributed by atoms with van der Waals surface area (Å²) in [4.78, 5) is 22.8. The predicted octanol–water partition coefficient (Wildman–Crippen LogP) is 2.65. The van der Waals surface area contributed by atoms with E-state index in [1.54, 1.807) is 25.1 Å². The number of benzene rings is 1. The lowest BCUT2D eigenvalue weighted by Crippen LogP contribution is -2.12. The number of Topliss-reactive ketones (excluding diaryl/α,β-unsaturated/α-hetero) is 1. The van der Waals surface area contributed by atoms with Gasteiger partial charge in [-0.2, -0.15) is 0 Å². The van der Waals surface area contributed by atoms with Gasteiger partial charge in [-0.1, -0.05) is 18.2 Å². The summed E-state index contributed by atoms with van der Waals surface area (Å²) in [5, 5.41) is -0.811. The number of ketones is 1. The van der Waals surface area contributed by atoms with Crippen LogP contribution in [0.4, 0.5) is 0 Å². The van der Waals surface area contributed by atoms with Gasteiger partial charge in [0.1, 0.15) is 5.38 Å². The fraction of sp³-hybridized carbons (Fsp3) is 0.333. The van der Waals surface area contributed by atoms with Gasteiger partial charge >= 0.3 is 5.97 Å². The van der Waals surface area contributed by atoms with Crippen molar-refractivity contribution >= 4 is 23.4 Å². The van der Waals surface area contributed by atoms with E-state index in [9.17, 15) is 9.59 Å². The van der Waals surface area contributed by atoms with E-state index in [0.29, 0.717) is 11.1 Å². The molecule has 0 heterocycles. The normalized spacial score (nSPS) is 12.0. The van der Waals surface area contributed by atoms with Crippen molar-refractivity contribution in [1.82, 2.24) is 0 Å². The number of rotatable bonds is 3. The summed E-state index contributed by atoms with van der Waals surface area (Å²) in [6, 6.07) is 5.20. The summed E-state index contributed by atoms with van der Waals surface area (Å²) in [6.07, 6.45) is 0. The molecule has 0 N–H and O–H groups in total. The molecular weight excluding hydrogens is 228 g/mol. The Kier molecular flexibility index (Phi) is 4.07. The Morgan fingerprint density at radius 1 is 1.38 bits per heavy atom. The highest BCUT2D eigenvalue weighted by Crippen LogP contribution is 2.27. The maximum atomic E-state index is 11.6. The van der Waals surface area contributed by atoms with Crippen molar-refractivity contribution in [3.05, 3.63) is 34.9 Å². The second-order valence-electron chi connectivity index (χ2n) is 3.50. The van der Waals surface area contributed by atoms with Gasteiger partial charge in [-0.15, -0.1) is 11.6 Å². The van der Waals surface area contributed by atoms with E-state index in [-0.39, 0.29) is 5.78 Å². The zero-order chi connectivity index (χ0) is 12.3. The van der Waals surface area contributed by atoms with Gasteiger partial charge in [0.25, 0.3) is 0 Å². The molecule has 16 heavy (non-hydrogen) atoms. The van der Waals surface area contributed by atoms with E-state index >= 15 is 0 Å². The minimum Gasteiger partial charge on any atom is -0.465 e. The van der Waals surface area contributed by atoms with E-state index in [1.165, 1.54) is 14.0 Å². The van der Waals surface area contributed by atoms with Gasteiger partial charge in [0.05, 0.1) is 12.7 Å². The number of carbonyl (C=O) groups is 2. The monoisotopic (exact) mass is 240 g/mol. The van der Waals surface area contributed by atoms with Crippen molar-refractivity contribution in [3.63, 3.8) is 0 Å². The number of ether oxygens (including phenoxy) is 1. The Morgan fingerprint density at radius 2 is 2.00 bits per heavy atom. The molecule has 0 saturated carbocycles. The molecule has 0 spiro atoms. The highest BCUT2D eigenvalue weighted by Gasteiger charge is 2.22. The zero-order valence-electron chi connectivity index (χ0n) is 9.41. The molecule has 0 fully saturated rings. The molecule has 0 aromatic heterocycles. The summed E-state index contributed by atoms with van der Waals surface area (Å²) >= 11 is 5.96. The Bertz CT molecular complexity index is 426. The summed E-state index contributed by atoms with van der Waals surface area (Å²) in [5.74, 6) is -0.669. The summed E-state index contributed by atoms with van der Waals surface area (Å²) < 4.78 is 4.68. The molecular formula is C12H13ClO3. The van der Waals surface area contributed by atoms with E-state index in [4.69, 9.17) is 11.6 Å². The number of carbonyl (C=O) groups excluding carboxylic acids is 2. The molecule has 0 aliphatic rings. The third-order valence-electron chi connectivity index (χ3n) is 2.32. The minimum atomic E-state index is -0.811. The Morgan fingerprint density at radius 3 is 2.50 bits per heavy atom. The van der Waals surface area contributed by atoms with Crippen LogP contribution in [0.3, 0.4) is 0 Å². The van der Waals surface area contributed by atoms with Crippen LogP contribution in [0.5, 0.6) is 0 Å². The zero-order valence-corrected chi connectivity index (χ0v) is 10.2. The first-order valence-electron chi connectivity index (χ1n) is 4.81. The van der Waals surface area contributed by atoms with Crippen LogP contribution in [0.25, 0.3) is 0 Å². The number of alkyl halides is 1. The molecule has 4 heteroatoms. The van der Waals surface area contributed by atoms with Crippen LogP contribution in [0.15, 0.2) is 18.2 Å². The van der Waals surface area contributed by atoms with E-state index in [0.717, 1.165) is 5.56 Å². The highest BCUT2D eigenvalue weighted by molar-refractivity contribution is 6.31. The summed E-state index contributed by atoms with van der Waals surface area (Å²) in [7, 11) is 1.30. The molecule has 86 valence electrons. The third kappa shape index (κ3) is 2.42. The van der Waals surface area contributed by atoms with Gasteiger partial charge in [0.15, 0.2) is 5.78 Å². The Labute approximate surface area is 99.4 Å². The van der Waals surface area contributed by atoms with Crippen LogP contribution >= 0.6 is 11.6 Å². The molecule has 1 atom stereocenters. The first-order chi connectivity index (χ1) is 7.49. The average molecular weight is 241 g/mol. The molecule has 1 aromatic carbocycles. The van der Waals surface area contributed by atoms with Crippen molar-refractivity contribution in [2.24, 2.45) is 0 Å². The fourth-order valence-electron chi connectivity index (χ4n) is 1.50. The number of aryl methyl sites for hydroxylation is 1. The second kappa shape index (κ2) is 5.12. The highest BCUT2D eigenvalue weighted by atomic mass is 35.5. The Hall–Kier alpha value is -1.35. The predicted molar refractivity (Wildman–Crippen MR) is 61.8 cm³/mol. The molecule has 0 amide bonds. The average Bonchev–Trinajstić information content (AvgIpc) is 2.26. The van der Waals surface area contributed by atoms with Crippen LogP contribution in [0, 0.1) is 6.92 Å². The molecule has 0 radical (unpaired) electrons. The number of methoxy groups -OCH3 is 1. The molecule has 3 nitrogen and oxygen atoms in total. The van der Waals surface area contributed by atoms with Gasteiger partial charge in [-0.05, 0) is 25.0 Å². The van der Waals surface area contributed by atoms with Crippen LogP contribution in [0.1, 0.15) is 33.8 Å². The van der Waals surface area contributed by atoms with E-state index in [1.807, 2.05) is 0 Å². The van der Waals surface area contributed by atoms with E-state index in [2.05, 4.69) is 4.74 Å². The van der Waals surface area contributed by atoms with Crippen molar-refractivity contribution in [3.8, 4) is 0 Å². The standard InChI is InChI=1S/C12H13ClO3/c1-7-5-4-6-9(11(13)8(2)14)10(7)12(15)16-3/h4-6,11H,1-3H3. The lowest BCUT2D eigenvalue weighted by atomic mass is 9.98. The lowest BCUT2D eigenvalue weighted by molar-refractivity contribution is -0.116. The summed E-state index contributed by atoms with van der Waals surface area (Å²) in [6.45, 7) is 3.17. The molecule has 1 rings (SSSR count). The minimum absolute atomic E-state index is 0.197.